The summed E-state index contributed by atoms with van der Waals surface area (Å²) in [5.41, 5.74) is 1.98. The summed E-state index contributed by atoms with van der Waals surface area (Å²) in [4.78, 5) is 43.5. The molecule has 2 saturated heterocycles. The molecule has 1 N–H and O–H groups in total. The normalized spacial score (nSPS) is 20.2. The predicted molar refractivity (Wildman–Crippen MR) is 142 cm³/mol. The molecule has 0 bridgehead atoms. The van der Waals surface area contributed by atoms with Crippen LogP contribution in [0.25, 0.3) is 0 Å². The van der Waals surface area contributed by atoms with Crippen LogP contribution in [0, 0.1) is 5.82 Å². The molecule has 0 unspecified atom stereocenters. The summed E-state index contributed by atoms with van der Waals surface area (Å²) in [6.45, 7) is 1.04. The van der Waals surface area contributed by atoms with Gasteiger partial charge >= 0.3 is 6.03 Å². The molecule has 4 rings (SSSR count). The molecule has 4 amide bonds. The molecule has 0 radical (unpaired) electrons. The van der Waals surface area contributed by atoms with E-state index in [0.29, 0.717) is 13.0 Å². The van der Waals surface area contributed by atoms with Gasteiger partial charge in [0.25, 0.3) is 0 Å². The lowest BCUT2D eigenvalue weighted by Gasteiger charge is -2.54. The molecule has 0 aliphatic carbocycles. The van der Waals surface area contributed by atoms with Crippen molar-refractivity contribution in [3.63, 3.8) is 0 Å². The maximum Gasteiger partial charge on any atom is 0.334 e. The van der Waals surface area contributed by atoms with E-state index in [1.807, 2.05) is 29.4 Å². The van der Waals surface area contributed by atoms with Crippen molar-refractivity contribution in [3.8, 4) is 0 Å². The summed E-state index contributed by atoms with van der Waals surface area (Å²) in [6, 6.07) is 15.1. The maximum absolute atomic E-state index is 13.5. The number of hydrogen-bond acceptors (Lipinski definition) is 5. The zero-order valence-corrected chi connectivity index (χ0v) is 22.1. The van der Waals surface area contributed by atoms with E-state index in [2.05, 4.69) is 17.4 Å². The average Bonchev–Trinajstić information content (AvgIpc) is 2.89. The van der Waals surface area contributed by atoms with Crippen LogP contribution in [-0.2, 0) is 22.6 Å². The first-order valence-electron chi connectivity index (χ1n) is 12.5. The largest absolute Gasteiger partial charge is 0.337 e. The quantitative estimate of drug-likeness (QED) is 0.543. The molecule has 198 valence electrons. The Balaban J connectivity index is 1.51. The molecule has 10 heteroatoms. The van der Waals surface area contributed by atoms with Gasteiger partial charge in [-0.2, -0.15) is 11.8 Å². The van der Waals surface area contributed by atoms with Crippen molar-refractivity contribution < 1.29 is 18.8 Å². The standard InChI is InChI=1S/C27H34FN5O3S/c1-30-19-25(34)32-23(14-16-37-2)26(35)31(15-6-9-20-7-4-3-5-8-20)18-24(32)33(30)27(36)29-17-21-10-12-22(28)13-11-21/h3-5,7-8,10-13,23-24H,6,9,14-19H2,1-2H3,(H,29,36)/t23-,24-/m0/s1. The van der Waals surface area contributed by atoms with E-state index in [4.69, 9.17) is 0 Å². The highest BCUT2D eigenvalue weighted by Crippen LogP contribution is 2.28. The van der Waals surface area contributed by atoms with E-state index >= 15 is 0 Å². The van der Waals surface area contributed by atoms with Gasteiger partial charge in [-0.15, -0.1) is 0 Å². The lowest BCUT2D eigenvalue weighted by molar-refractivity contribution is -0.187. The Labute approximate surface area is 221 Å². The molecule has 2 fully saturated rings. The molecule has 8 nitrogen and oxygen atoms in total. The third-order valence-corrected chi connectivity index (χ3v) is 7.48. The van der Waals surface area contributed by atoms with Gasteiger partial charge in [0.15, 0.2) is 0 Å². The van der Waals surface area contributed by atoms with E-state index in [0.717, 1.165) is 24.2 Å². The second-order valence-electron chi connectivity index (χ2n) is 9.40. The number of amides is 4. The maximum atomic E-state index is 13.5. The lowest BCUT2D eigenvalue weighted by atomic mass is 10.0. The van der Waals surface area contributed by atoms with Crippen molar-refractivity contribution in [2.45, 2.75) is 38.0 Å². The Bertz CT molecular complexity index is 1090. The van der Waals surface area contributed by atoms with Gasteiger partial charge in [0, 0.05) is 20.1 Å². The number of carbonyl (C=O) groups is 3. The van der Waals surface area contributed by atoms with Crippen LogP contribution < -0.4 is 5.32 Å². The number of rotatable bonds is 9. The number of likely N-dealkylation sites (N-methyl/N-ethyl adjacent to an activating group) is 1. The first-order valence-corrected chi connectivity index (χ1v) is 13.9. The van der Waals surface area contributed by atoms with Crippen LogP contribution in [0.15, 0.2) is 54.6 Å². The van der Waals surface area contributed by atoms with E-state index in [1.54, 1.807) is 45.9 Å². The molecule has 0 aromatic heterocycles. The van der Waals surface area contributed by atoms with Gasteiger partial charge in [-0.1, -0.05) is 42.5 Å². The average molecular weight is 528 g/mol. The van der Waals surface area contributed by atoms with E-state index in [1.165, 1.54) is 17.7 Å². The summed E-state index contributed by atoms with van der Waals surface area (Å²) >= 11 is 1.63. The number of hydrogen-bond donors (Lipinski definition) is 1. The highest BCUT2D eigenvalue weighted by molar-refractivity contribution is 7.98. The van der Waals surface area contributed by atoms with Gasteiger partial charge in [-0.25, -0.2) is 19.2 Å². The Morgan fingerprint density at radius 2 is 1.81 bits per heavy atom. The minimum Gasteiger partial charge on any atom is -0.337 e. The zero-order chi connectivity index (χ0) is 26.4. The smallest absolute Gasteiger partial charge is 0.334 e. The number of aryl methyl sites for hydroxylation is 1. The van der Waals surface area contributed by atoms with Gasteiger partial charge in [0.1, 0.15) is 18.0 Å². The minimum atomic E-state index is -0.600. The van der Waals surface area contributed by atoms with E-state index in [-0.39, 0.29) is 43.3 Å². The van der Waals surface area contributed by atoms with Crippen molar-refractivity contribution in [3.05, 3.63) is 71.5 Å². The summed E-state index contributed by atoms with van der Waals surface area (Å²) in [5.74, 6) is 0.189. The van der Waals surface area contributed by atoms with Gasteiger partial charge in [-0.3, -0.25) is 9.59 Å². The number of halogens is 1. The summed E-state index contributed by atoms with van der Waals surface area (Å²) < 4.78 is 13.3. The fourth-order valence-electron chi connectivity index (χ4n) is 4.99. The number of nitrogens with one attached hydrogen (secondary N) is 1. The van der Waals surface area contributed by atoms with Crippen molar-refractivity contribution in [2.75, 3.05) is 38.7 Å². The number of carbonyl (C=O) groups excluding carboxylic acids is 3. The van der Waals surface area contributed by atoms with Gasteiger partial charge in [0.2, 0.25) is 11.8 Å². The number of fused-ring (bicyclic) bond motifs is 1. The molecule has 2 atom stereocenters. The Hall–Kier alpha value is -3.11. The zero-order valence-electron chi connectivity index (χ0n) is 21.3. The van der Waals surface area contributed by atoms with Crippen molar-refractivity contribution in [2.24, 2.45) is 0 Å². The molecular weight excluding hydrogens is 493 g/mol. The third kappa shape index (κ3) is 6.42. The summed E-state index contributed by atoms with van der Waals surface area (Å²) in [7, 11) is 1.71. The van der Waals surface area contributed by atoms with Crippen LogP contribution in [0.5, 0.6) is 0 Å². The number of benzene rings is 2. The van der Waals surface area contributed by atoms with Crippen LogP contribution in [-0.4, -0.2) is 88.6 Å². The van der Waals surface area contributed by atoms with Gasteiger partial charge in [0.05, 0.1) is 13.1 Å². The predicted octanol–water partition coefficient (Wildman–Crippen LogP) is 2.95. The lowest BCUT2D eigenvalue weighted by Crippen LogP contribution is -2.76. The van der Waals surface area contributed by atoms with Crippen LogP contribution >= 0.6 is 11.8 Å². The summed E-state index contributed by atoms with van der Waals surface area (Å²) in [6.07, 6.45) is 3.55. The van der Waals surface area contributed by atoms with Crippen molar-refractivity contribution in [1.82, 2.24) is 25.1 Å². The molecule has 2 aromatic rings. The fourth-order valence-corrected chi connectivity index (χ4v) is 5.45. The molecular formula is C27H34FN5O3S. The second-order valence-corrected chi connectivity index (χ2v) is 10.4. The van der Waals surface area contributed by atoms with Gasteiger partial charge < -0.3 is 15.1 Å². The molecule has 2 aliphatic heterocycles. The van der Waals surface area contributed by atoms with Crippen LogP contribution in [0.4, 0.5) is 9.18 Å². The highest BCUT2D eigenvalue weighted by Gasteiger charge is 2.50. The molecule has 2 aliphatic rings. The topological polar surface area (TPSA) is 76.2 Å². The first kappa shape index (κ1) is 26.9. The summed E-state index contributed by atoms with van der Waals surface area (Å²) in [5, 5.41) is 6.06. The fraction of sp³-hybridized carbons (Fsp3) is 0.444. The van der Waals surface area contributed by atoms with E-state index < -0.39 is 12.2 Å². The third-order valence-electron chi connectivity index (χ3n) is 6.84. The Kier molecular flexibility index (Phi) is 9.04. The number of piperazine rings is 1. The Morgan fingerprint density at radius 3 is 2.51 bits per heavy atom. The molecule has 37 heavy (non-hydrogen) atoms. The first-order chi connectivity index (χ1) is 17.9. The number of nitrogens with zero attached hydrogens (tertiary/aromatic N) is 4. The number of thioether (sulfide) groups is 1. The molecule has 2 heterocycles. The van der Waals surface area contributed by atoms with Gasteiger partial charge in [-0.05, 0) is 54.5 Å². The van der Waals surface area contributed by atoms with Crippen molar-refractivity contribution in [1.29, 1.82) is 0 Å². The molecule has 0 spiro atoms. The molecule has 0 saturated carbocycles. The second kappa shape index (κ2) is 12.4. The van der Waals surface area contributed by atoms with Crippen molar-refractivity contribution >= 4 is 29.6 Å². The highest BCUT2D eigenvalue weighted by atomic mass is 32.2. The number of urea groups is 1. The Morgan fingerprint density at radius 1 is 1.08 bits per heavy atom. The molecule has 2 aromatic carbocycles. The van der Waals surface area contributed by atoms with Crippen LogP contribution in [0.2, 0.25) is 0 Å². The minimum absolute atomic E-state index is 0.0114. The SMILES string of the molecule is CSCC[C@H]1C(=O)N(CCCc2ccccc2)C[C@H]2N1C(=O)CN(C)N2C(=O)NCc1ccc(F)cc1. The monoisotopic (exact) mass is 527 g/mol. The van der Waals surface area contributed by atoms with E-state index in [9.17, 15) is 18.8 Å². The number of hydrazine groups is 1. The van der Waals surface area contributed by atoms with Crippen LogP contribution in [0.3, 0.4) is 0 Å². The van der Waals surface area contributed by atoms with Crippen LogP contribution in [0.1, 0.15) is 24.0 Å².